The Morgan fingerprint density at radius 1 is 0.882 bits per heavy atom. The molecule has 0 saturated heterocycles. The number of benzene rings is 2. The van der Waals surface area contributed by atoms with Gasteiger partial charge in [-0.05, 0) is 22.3 Å². The zero-order valence-corrected chi connectivity index (χ0v) is 18.7. The van der Waals surface area contributed by atoms with Gasteiger partial charge in [-0.2, -0.15) is 0 Å². The molecule has 0 bridgehead atoms. The number of carbonyl (C=O) groups excluding carboxylic acids is 3. The van der Waals surface area contributed by atoms with Crippen LogP contribution in [0.2, 0.25) is 0 Å². The summed E-state index contributed by atoms with van der Waals surface area (Å²) < 4.78 is 10.3. The van der Waals surface area contributed by atoms with Gasteiger partial charge < -0.3 is 30.5 Å². The molecule has 0 heterocycles. The topological polar surface area (TPSA) is 143 Å². The lowest BCUT2D eigenvalue weighted by molar-refractivity contribution is -0.140. The molecule has 10 heteroatoms. The van der Waals surface area contributed by atoms with Crippen molar-refractivity contribution >= 4 is 23.9 Å². The number of methoxy groups -OCH3 is 1. The Labute approximate surface area is 196 Å². The van der Waals surface area contributed by atoms with Gasteiger partial charge in [0.25, 0.3) is 0 Å². The number of carbonyl (C=O) groups is 4. The Hall–Kier alpha value is -3.92. The lowest BCUT2D eigenvalue weighted by Gasteiger charge is -2.15. The Bertz CT molecular complexity index is 1010. The van der Waals surface area contributed by atoms with Gasteiger partial charge in [-0.1, -0.05) is 48.5 Å². The molecule has 10 nitrogen and oxygen atoms in total. The first-order valence-corrected chi connectivity index (χ1v) is 10.8. The van der Waals surface area contributed by atoms with Crippen LogP contribution in [0, 0.1) is 0 Å². The van der Waals surface area contributed by atoms with Gasteiger partial charge in [-0.25, -0.2) is 4.79 Å². The number of hydrogen-bond donors (Lipinski definition) is 4. The summed E-state index contributed by atoms with van der Waals surface area (Å²) in [5.41, 5.74) is 4.40. The third-order valence-electron chi connectivity index (χ3n) is 5.45. The Kier molecular flexibility index (Phi) is 8.58. The summed E-state index contributed by atoms with van der Waals surface area (Å²) in [6.07, 6.45) is -1.67. The number of carboxylic acids is 1. The molecule has 0 saturated carbocycles. The molecular weight excluding hydrogens is 442 g/mol. The lowest BCUT2D eigenvalue weighted by atomic mass is 9.98. The van der Waals surface area contributed by atoms with E-state index in [1.807, 2.05) is 48.5 Å². The van der Waals surface area contributed by atoms with Crippen LogP contribution in [-0.2, 0) is 23.9 Å². The Morgan fingerprint density at radius 2 is 1.44 bits per heavy atom. The fourth-order valence-corrected chi connectivity index (χ4v) is 3.77. The number of carboxylic acid groups (broad SMARTS) is 1. The predicted octanol–water partition coefficient (Wildman–Crippen LogP) is 1.25. The maximum Gasteiger partial charge on any atom is 0.407 e. The second kappa shape index (κ2) is 11.8. The number of fused-ring (bicyclic) bond motifs is 3. The monoisotopic (exact) mass is 469 g/mol. The molecule has 1 aliphatic carbocycles. The van der Waals surface area contributed by atoms with Gasteiger partial charge in [0.1, 0.15) is 13.2 Å². The van der Waals surface area contributed by atoms with Crippen LogP contribution < -0.4 is 16.0 Å². The number of nitrogens with one attached hydrogen (secondary N) is 3. The minimum atomic E-state index is -1.05. The van der Waals surface area contributed by atoms with E-state index in [0.717, 1.165) is 22.3 Å². The summed E-state index contributed by atoms with van der Waals surface area (Å²) >= 11 is 0. The van der Waals surface area contributed by atoms with Crippen LogP contribution in [0.5, 0.6) is 0 Å². The average molecular weight is 469 g/mol. The van der Waals surface area contributed by atoms with Crippen molar-refractivity contribution in [2.75, 3.05) is 33.4 Å². The Morgan fingerprint density at radius 3 is 2.03 bits per heavy atom. The summed E-state index contributed by atoms with van der Waals surface area (Å²) in [5, 5.41) is 16.0. The molecule has 0 fully saturated rings. The number of amides is 3. The van der Waals surface area contributed by atoms with Crippen molar-refractivity contribution in [3.05, 3.63) is 59.7 Å². The van der Waals surface area contributed by atoms with Crippen molar-refractivity contribution in [2.45, 2.75) is 18.4 Å². The summed E-state index contributed by atoms with van der Waals surface area (Å²) in [5.74, 6) is -2.22. The molecule has 180 valence electrons. The average Bonchev–Trinajstić information content (AvgIpc) is 3.16. The fraction of sp³-hybridized carbons (Fsp3) is 0.333. The van der Waals surface area contributed by atoms with Crippen LogP contribution in [-0.4, -0.2) is 68.4 Å². The van der Waals surface area contributed by atoms with E-state index < -0.39 is 30.0 Å². The molecule has 34 heavy (non-hydrogen) atoms. The van der Waals surface area contributed by atoms with E-state index in [0.29, 0.717) is 0 Å². The first kappa shape index (κ1) is 24.7. The SMILES string of the molecule is COC(CNC(=O)CNC(=O)CNC(=O)OCC1c2ccccc2-c2ccccc21)CC(=O)O. The second-order valence-corrected chi connectivity index (χ2v) is 7.72. The van der Waals surface area contributed by atoms with E-state index in [1.54, 1.807) is 0 Å². The highest BCUT2D eigenvalue weighted by molar-refractivity contribution is 5.87. The first-order valence-electron chi connectivity index (χ1n) is 10.8. The maximum absolute atomic E-state index is 12.1. The minimum Gasteiger partial charge on any atom is -0.481 e. The van der Waals surface area contributed by atoms with Crippen molar-refractivity contribution in [3.8, 4) is 11.1 Å². The number of alkyl carbamates (subject to hydrolysis) is 1. The molecule has 3 rings (SSSR count). The zero-order chi connectivity index (χ0) is 24.5. The smallest absolute Gasteiger partial charge is 0.407 e. The molecule has 0 spiro atoms. The molecule has 0 radical (unpaired) electrons. The molecule has 0 aliphatic heterocycles. The predicted molar refractivity (Wildman–Crippen MR) is 122 cm³/mol. The minimum absolute atomic E-state index is 0.00446. The van der Waals surface area contributed by atoms with E-state index in [9.17, 15) is 19.2 Å². The highest BCUT2D eigenvalue weighted by Crippen LogP contribution is 2.44. The van der Waals surface area contributed by atoms with E-state index in [1.165, 1.54) is 7.11 Å². The van der Waals surface area contributed by atoms with E-state index in [-0.39, 0.29) is 38.6 Å². The van der Waals surface area contributed by atoms with Gasteiger partial charge in [-0.3, -0.25) is 14.4 Å². The fourth-order valence-electron chi connectivity index (χ4n) is 3.77. The summed E-state index contributed by atoms with van der Waals surface area (Å²) in [6.45, 7) is -0.561. The van der Waals surface area contributed by atoms with Crippen molar-refractivity contribution in [2.24, 2.45) is 0 Å². The van der Waals surface area contributed by atoms with E-state index >= 15 is 0 Å². The Balaban J connectivity index is 1.38. The lowest BCUT2D eigenvalue weighted by Crippen LogP contribution is -2.44. The first-order chi connectivity index (χ1) is 16.4. The summed E-state index contributed by atoms with van der Waals surface area (Å²) in [7, 11) is 1.34. The molecule has 3 amide bonds. The van der Waals surface area contributed by atoms with E-state index in [2.05, 4.69) is 16.0 Å². The quantitative estimate of drug-likeness (QED) is 0.388. The van der Waals surface area contributed by atoms with Crippen molar-refractivity contribution in [3.63, 3.8) is 0 Å². The van der Waals surface area contributed by atoms with Gasteiger partial charge in [0.15, 0.2) is 0 Å². The molecule has 1 aliphatic rings. The third-order valence-corrected chi connectivity index (χ3v) is 5.45. The molecule has 0 aromatic heterocycles. The number of aliphatic carboxylic acids is 1. The molecular formula is C24H27N3O7. The van der Waals surface area contributed by atoms with E-state index in [4.69, 9.17) is 14.6 Å². The summed E-state index contributed by atoms with van der Waals surface area (Å²) in [4.78, 5) is 46.5. The third kappa shape index (κ3) is 6.55. The van der Waals surface area contributed by atoms with Crippen LogP contribution in [0.4, 0.5) is 4.79 Å². The van der Waals surface area contributed by atoms with Gasteiger partial charge in [0.2, 0.25) is 11.8 Å². The number of hydrogen-bond acceptors (Lipinski definition) is 6. The highest BCUT2D eigenvalue weighted by atomic mass is 16.5. The van der Waals surface area contributed by atoms with Crippen LogP contribution in [0.1, 0.15) is 23.5 Å². The molecule has 2 aromatic carbocycles. The van der Waals surface area contributed by atoms with Gasteiger partial charge >= 0.3 is 12.1 Å². The molecule has 2 aromatic rings. The molecule has 4 N–H and O–H groups in total. The van der Waals surface area contributed by atoms with Gasteiger partial charge in [-0.15, -0.1) is 0 Å². The maximum atomic E-state index is 12.1. The van der Waals surface area contributed by atoms with Gasteiger partial charge in [0, 0.05) is 19.6 Å². The normalized spacial score (nSPS) is 12.7. The van der Waals surface area contributed by atoms with Crippen molar-refractivity contribution in [1.82, 2.24) is 16.0 Å². The van der Waals surface area contributed by atoms with Crippen molar-refractivity contribution < 1.29 is 33.8 Å². The van der Waals surface area contributed by atoms with Crippen LogP contribution in [0.25, 0.3) is 11.1 Å². The highest BCUT2D eigenvalue weighted by Gasteiger charge is 2.29. The van der Waals surface area contributed by atoms with Gasteiger partial charge in [0.05, 0.1) is 19.1 Å². The molecule has 1 unspecified atom stereocenters. The van der Waals surface area contributed by atoms with Crippen LogP contribution in [0.3, 0.4) is 0 Å². The van der Waals surface area contributed by atoms with Crippen LogP contribution in [0.15, 0.2) is 48.5 Å². The number of ether oxygens (including phenoxy) is 2. The standard InChI is InChI=1S/C24H27N3O7/c1-33-15(10-23(30)31)11-25-21(28)12-26-22(29)13-27-24(32)34-14-20-18-8-4-2-6-16(18)17-7-3-5-9-19(17)20/h2-9,15,20H,10-14H2,1H3,(H,25,28)(H,26,29)(H,27,32)(H,30,31). The largest absolute Gasteiger partial charge is 0.481 e. The van der Waals surface area contributed by atoms with Crippen LogP contribution >= 0.6 is 0 Å². The summed E-state index contributed by atoms with van der Waals surface area (Å²) in [6, 6.07) is 15.9. The van der Waals surface area contributed by atoms with Crippen molar-refractivity contribution in [1.29, 1.82) is 0 Å². The molecule has 1 atom stereocenters. The number of rotatable bonds is 11. The second-order valence-electron chi connectivity index (χ2n) is 7.72. The zero-order valence-electron chi connectivity index (χ0n) is 18.7.